The Hall–Kier alpha value is -2.02. The van der Waals surface area contributed by atoms with Crippen LogP contribution in [0.3, 0.4) is 0 Å². The zero-order valence-corrected chi connectivity index (χ0v) is 11.9. The van der Waals surface area contributed by atoms with Gasteiger partial charge >= 0.3 is 0 Å². The van der Waals surface area contributed by atoms with Crippen LogP contribution in [0.25, 0.3) is 11.4 Å². The van der Waals surface area contributed by atoms with Crippen LogP contribution in [-0.2, 0) is 11.8 Å². The smallest absolute Gasteiger partial charge is 0.231 e. The van der Waals surface area contributed by atoms with Crippen molar-refractivity contribution in [3.05, 3.63) is 18.2 Å². The van der Waals surface area contributed by atoms with Crippen molar-refractivity contribution in [3.8, 4) is 22.9 Å². The SMILES string of the molecule is CC(=O)CSc1nnc(-c2ccc3c(c2)OCO3)n1C. The number of thioether (sulfide) groups is 1. The number of fused-ring (bicyclic) bond motifs is 1. The van der Waals surface area contributed by atoms with Gasteiger partial charge in [-0.3, -0.25) is 4.79 Å². The molecular weight excluding hydrogens is 278 g/mol. The summed E-state index contributed by atoms with van der Waals surface area (Å²) in [5, 5.41) is 9.00. The Morgan fingerprint density at radius 1 is 1.35 bits per heavy atom. The molecule has 1 aromatic carbocycles. The molecule has 104 valence electrons. The summed E-state index contributed by atoms with van der Waals surface area (Å²) in [6, 6.07) is 5.65. The van der Waals surface area contributed by atoms with Crippen LogP contribution in [0.2, 0.25) is 0 Å². The molecule has 7 heteroatoms. The summed E-state index contributed by atoms with van der Waals surface area (Å²) in [5.41, 5.74) is 0.902. The van der Waals surface area contributed by atoms with E-state index in [0.717, 1.165) is 17.1 Å². The fraction of sp³-hybridized carbons (Fsp3) is 0.308. The maximum Gasteiger partial charge on any atom is 0.231 e. The molecule has 3 rings (SSSR count). The second-order valence-corrected chi connectivity index (χ2v) is 5.37. The van der Waals surface area contributed by atoms with E-state index >= 15 is 0 Å². The molecule has 0 aliphatic carbocycles. The lowest BCUT2D eigenvalue weighted by Gasteiger charge is -2.04. The molecule has 0 saturated heterocycles. The minimum Gasteiger partial charge on any atom is -0.454 e. The van der Waals surface area contributed by atoms with Crippen molar-refractivity contribution in [2.45, 2.75) is 12.1 Å². The molecule has 0 N–H and O–H groups in total. The topological polar surface area (TPSA) is 66.2 Å². The third-order valence-corrected chi connectivity index (χ3v) is 4.03. The van der Waals surface area contributed by atoms with Crippen molar-refractivity contribution in [2.24, 2.45) is 7.05 Å². The van der Waals surface area contributed by atoms with E-state index < -0.39 is 0 Å². The fourth-order valence-electron chi connectivity index (χ4n) is 1.89. The molecule has 0 fully saturated rings. The lowest BCUT2D eigenvalue weighted by molar-refractivity contribution is -0.114. The van der Waals surface area contributed by atoms with Crippen LogP contribution < -0.4 is 9.47 Å². The van der Waals surface area contributed by atoms with Crippen molar-refractivity contribution in [1.29, 1.82) is 0 Å². The molecule has 1 aliphatic rings. The van der Waals surface area contributed by atoms with Crippen molar-refractivity contribution in [1.82, 2.24) is 14.8 Å². The van der Waals surface area contributed by atoms with Gasteiger partial charge in [0.25, 0.3) is 0 Å². The summed E-state index contributed by atoms with van der Waals surface area (Å²) in [7, 11) is 1.88. The summed E-state index contributed by atoms with van der Waals surface area (Å²) in [6.45, 7) is 1.80. The second kappa shape index (κ2) is 5.16. The van der Waals surface area contributed by atoms with Crippen LogP contribution in [0, 0.1) is 0 Å². The highest BCUT2D eigenvalue weighted by molar-refractivity contribution is 7.99. The Bertz CT molecular complexity index is 669. The lowest BCUT2D eigenvalue weighted by Crippen LogP contribution is -1.98. The van der Waals surface area contributed by atoms with Gasteiger partial charge in [-0.25, -0.2) is 0 Å². The predicted molar refractivity (Wildman–Crippen MR) is 74.0 cm³/mol. The molecule has 0 bridgehead atoms. The average Bonchev–Trinajstić information content (AvgIpc) is 3.02. The quantitative estimate of drug-likeness (QED) is 0.801. The minimum absolute atomic E-state index is 0.114. The number of carbonyl (C=O) groups is 1. The standard InChI is InChI=1S/C13H13N3O3S/c1-8(17)6-20-13-15-14-12(16(13)2)9-3-4-10-11(5-9)19-7-18-10/h3-5H,6-7H2,1-2H3. The highest BCUT2D eigenvalue weighted by Gasteiger charge is 2.17. The fourth-order valence-corrected chi connectivity index (χ4v) is 2.60. The van der Waals surface area contributed by atoms with Gasteiger partial charge in [0, 0.05) is 12.6 Å². The first kappa shape index (κ1) is 13.0. The van der Waals surface area contributed by atoms with E-state index in [1.165, 1.54) is 11.8 Å². The van der Waals surface area contributed by atoms with Crippen LogP contribution in [0.1, 0.15) is 6.92 Å². The summed E-state index contributed by atoms with van der Waals surface area (Å²) in [4.78, 5) is 11.0. The monoisotopic (exact) mass is 291 g/mol. The highest BCUT2D eigenvalue weighted by Crippen LogP contribution is 2.35. The van der Waals surface area contributed by atoms with Gasteiger partial charge in [-0.15, -0.1) is 10.2 Å². The minimum atomic E-state index is 0.114. The molecule has 0 amide bonds. The van der Waals surface area contributed by atoms with Gasteiger partial charge in [-0.05, 0) is 25.1 Å². The van der Waals surface area contributed by atoms with Crippen LogP contribution in [0.5, 0.6) is 11.5 Å². The molecule has 0 unspecified atom stereocenters. The molecule has 0 radical (unpaired) electrons. The van der Waals surface area contributed by atoms with Gasteiger partial charge in [-0.2, -0.15) is 0 Å². The Morgan fingerprint density at radius 3 is 2.95 bits per heavy atom. The molecule has 1 aromatic heterocycles. The Morgan fingerprint density at radius 2 is 2.15 bits per heavy atom. The number of ketones is 1. The van der Waals surface area contributed by atoms with Crippen LogP contribution in [-0.4, -0.2) is 33.1 Å². The molecule has 2 aromatic rings. The maximum atomic E-state index is 11.0. The van der Waals surface area contributed by atoms with Gasteiger partial charge in [0.2, 0.25) is 6.79 Å². The normalized spacial score (nSPS) is 12.7. The molecule has 0 spiro atoms. The third-order valence-electron chi connectivity index (χ3n) is 2.87. The van der Waals surface area contributed by atoms with Gasteiger partial charge in [-0.1, -0.05) is 11.8 Å². The Balaban J connectivity index is 1.89. The van der Waals surface area contributed by atoms with E-state index in [4.69, 9.17) is 9.47 Å². The first-order valence-electron chi connectivity index (χ1n) is 6.07. The number of ether oxygens (including phenoxy) is 2. The second-order valence-electron chi connectivity index (χ2n) is 4.42. The number of rotatable bonds is 4. The van der Waals surface area contributed by atoms with Crippen molar-refractivity contribution >= 4 is 17.5 Å². The molecule has 20 heavy (non-hydrogen) atoms. The summed E-state index contributed by atoms with van der Waals surface area (Å²) in [5.74, 6) is 2.69. The van der Waals surface area contributed by atoms with Gasteiger partial charge < -0.3 is 14.0 Å². The maximum absolute atomic E-state index is 11.0. The van der Waals surface area contributed by atoms with E-state index in [1.54, 1.807) is 6.92 Å². The molecule has 0 saturated carbocycles. The molecule has 0 atom stereocenters. The number of nitrogens with zero attached hydrogens (tertiary/aromatic N) is 3. The van der Waals surface area contributed by atoms with E-state index in [9.17, 15) is 4.79 Å². The largest absolute Gasteiger partial charge is 0.454 e. The summed E-state index contributed by atoms with van der Waals surface area (Å²) < 4.78 is 12.5. The molecular formula is C13H13N3O3S. The zero-order valence-electron chi connectivity index (χ0n) is 11.1. The molecule has 1 aliphatic heterocycles. The average molecular weight is 291 g/mol. The van der Waals surface area contributed by atoms with E-state index in [-0.39, 0.29) is 12.6 Å². The Kier molecular flexibility index (Phi) is 3.35. The van der Waals surface area contributed by atoms with Crippen LogP contribution in [0.15, 0.2) is 23.4 Å². The zero-order chi connectivity index (χ0) is 14.1. The lowest BCUT2D eigenvalue weighted by atomic mass is 10.2. The van der Waals surface area contributed by atoms with E-state index in [1.807, 2.05) is 29.8 Å². The number of benzene rings is 1. The highest BCUT2D eigenvalue weighted by atomic mass is 32.2. The van der Waals surface area contributed by atoms with Gasteiger partial charge in [0.1, 0.15) is 5.78 Å². The van der Waals surface area contributed by atoms with Crippen molar-refractivity contribution < 1.29 is 14.3 Å². The third kappa shape index (κ3) is 2.36. The number of carbonyl (C=O) groups excluding carboxylic acids is 1. The number of Topliss-reactive ketones (excluding diaryl/α,β-unsaturated/α-hetero) is 1. The van der Waals surface area contributed by atoms with Crippen molar-refractivity contribution in [2.75, 3.05) is 12.5 Å². The Labute approximate surface area is 120 Å². The van der Waals surface area contributed by atoms with Crippen LogP contribution >= 0.6 is 11.8 Å². The first-order chi connectivity index (χ1) is 9.65. The number of aromatic nitrogens is 3. The van der Waals surface area contributed by atoms with E-state index in [2.05, 4.69) is 10.2 Å². The predicted octanol–water partition coefficient (Wildman–Crippen LogP) is 1.89. The van der Waals surface area contributed by atoms with Gasteiger partial charge in [0.15, 0.2) is 22.5 Å². The van der Waals surface area contributed by atoms with E-state index in [0.29, 0.717) is 16.7 Å². The van der Waals surface area contributed by atoms with Gasteiger partial charge in [0.05, 0.1) is 5.75 Å². The summed E-state index contributed by atoms with van der Waals surface area (Å²) in [6.07, 6.45) is 0. The summed E-state index contributed by atoms with van der Waals surface area (Å²) >= 11 is 1.38. The molecule has 2 heterocycles. The van der Waals surface area contributed by atoms with Crippen molar-refractivity contribution in [3.63, 3.8) is 0 Å². The molecule has 6 nitrogen and oxygen atoms in total. The number of hydrogen-bond donors (Lipinski definition) is 0. The number of hydrogen-bond acceptors (Lipinski definition) is 6. The van der Waals surface area contributed by atoms with Crippen LogP contribution in [0.4, 0.5) is 0 Å². The first-order valence-corrected chi connectivity index (χ1v) is 7.05.